The van der Waals surface area contributed by atoms with Crippen molar-refractivity contribution in [3.8, 4) is 0 Å². The van der Waals surface area contributed by atoms with Gasteiger partial charge in [0.15, 0.2) is 0 Å². The number of hydrogen-bond acceptors (Lipinski definition) is 2. The number of amides is 2. The molecule has 0 spiro atoms. The third-order valence-electron chi connectivity index (χ3n) is 4.47. The first-order valence-corrected chi connectivity index (χ1v) is 8.58. The molecule has 1 atom stereocenters. The van der Waals surface area contributed by atoms with E-state index >= 15 is 0 Å². The van der Waals surface area contributed by atoms with Crippen molar-refractivity contribution in [1.82, 2.24) is 0 Å². The highest BCUT2D eigenvalue weighted by atomic mass is 35.5. The molecule has 2 aromatic carbocycles. The van der Waals surface area contributed by atoms with Crippen LogP contribution in [-0.4, -0.2) is 18.4 Å². The van der Waals surface area contributed by atoms with Gasteiger partial charge in [-0.25, -0.2) is 0 Å². The molecule has 0 saturated carbocycles. The number of anilines is 2. The molecule has 1 N–H and O–H groups in total. The van der Waals surface area contributed by atoms with E-state index in [0.717, 1.165) is 17.7 Å². The van der Waals surface area contributed by atoms with E-state index < -0.39 is 28.6 Å². The minimum absolute atomic E-state index is 0.00940. The molecule has 2 amide bonds. The molecule has 1 aliphatic rings. The van der Waals surface area contributed by atoms with Crippen molar-refractivity contribution in [3.05, 3.63) is 58.6 Å². The monoisotopic (exact) mass is 396 g/mol. The van der Waals surface area contributed by atoms with E-state index in [1.807, 2.05) is 19.1 Å². The third kappa shape index (κ3) is 4.08. The van der Waals surface area contributed by atoms with Gasteiger partial charge in [0, 0.05) is 24.3 Å². The van der Waals surface area contributed by atoms with Crippen LogP contribution in [0.1, 0.15) is 17.5 Å². The molecule has 1 fully saturated rings. The standard InChI is InChI=1S/C19H16ClF3N2O2/c1-11-4-2-3-5-16(11)24-18(27)12-8-17(26)25(10-12)13-6-7-15(20)14(9-13)19(21,22)23/h2-7,9,12H,8,10H2,1H3,(H,24,27). The maximum Gasteiger partial charge on any atom is 0.417 e. The summed E-state index contributed by atoms with van der Waals surface area (Å²) in [6, 6.07) is 10.5. The number of alkyl halides is 3. The first kappa shape index (κ1) is 19.2. The average molecular weight is 397 g/mol. The van der Waals surface area contributed by atoms with Gasteiger partial charge in [0.05, 0.1) is 16.5 Å². The number of nitrogens with one attached hydrogen (secondary N) is 1. The van der Waals surface area contributed by atoms with Crippen LogP contribution >= 0.6 is 11.6 Å². The Labute approximate surface area is 158 Å². The number of benzene rings is 2. The highest BCUT2D eigenvalue weighted by molar-refractivity contribution is 6.31. The van der Waals surface area contributed by atoms with Crippen LogP contribution in [0.4, 0.5) is 24.5 Å². The summed E-state index contributed by atoms with van der Waals surface area (Å²) >= 11 is 5.62. The Bertz CT molecular complexity index is 899. The largest absolute Gasteiger partial charge is 0.417 e. The van der Waals surface area contributed by atoms with E-state index in [9.17, 15) is 22.8 Å². The summed E-state index contributed by atoms with van der Waals surface area (Å²) in [7, 11) is 0. The lowest BCUT2D eigenvalue weighted by Gasteiger charge is -2.19. The molecule has 0 aliphatic carbocycles. The summed E-state index contributed by atoms with van der Waals surface area (Å²) in [5.41, 5.74) is 0.573. The van der Waals surface area contributed by atoms with E-state index in [4.69, 9.17) is 11.6 Å². The first-order valence-electron chi connectivity index (χ1n) is 8.20. The molecule has 1 unspecified atom stereocenters. The Kier molecular flexibility index (Phi) is 5.15. The molecule has 1 heterocycles. The fourth-order valence-electron chi connectivity index (χ4n) is 2.98. The lowest BCUT2D eigenvalue weighted by Crippen LogP contribution is -2.28. The maximum atomic E-state index is 13.0. The molecular formula is C19H16ClF3N2O2. The average Bonchev–Trinajstić information content (AvgIpc) is 2.98. The minimum Gasteiger partial charge on any atom is -0.326 e. The molecule has 0 radical (unpaired) electrons. The van der Waals surface area contributed by atoms with Crippen molar-refractivity contribution in [2.45, 2.75) is 19.5 Å². The van der Waals surface area contributed by atoms with Gasteiger partial charge in [-0.3, -0.25) is 9.59 Å². The molecular weight excluding hydrogens is 381 g/mol. The third-order valence-corrected chi connectivity index (χ3v) is 4.80. The van der Waals surface area contributed by atoms with Gasteiger partial charge < -0.3 is 10.2 Å². The first-order chi connectivity index (χ1) is 12.7. The van der Waals surface area contributed by atoms with E-state index in [2.05, 4.69) is 5.32 Å². The van der Waals surface area contributed by atoms with Gasteiger partial charge in [-0.1, -0.05) is 29.8 Å². The second-order valence-electron chi connectivity index (χ2n) is 6.37. The highest BCUT2D eigenvalue weighted by Crippen LogP contribution is 2.38. The zero-order valence-electron chi connectivity index (χ0n) is 14.3. The molecule has 8 heteroatoms. The molecule has 27 heavy (non-hydrogen) atoms. The van der Waals surface area contributed by atoms with Gasteiger partial charge in [0.2, 0.25) is 11.8 Å². The summed E-state index contributed by atoms with van der Waals surface area (Å²) in [5.74, 6) is -1.40. The molecule has 2 aromatic rings. The number of aryl methyl sites for hydroxylation is 1. The quantitative estimate of drug-likeness (QED) is 0.820. The van der Waals surface area contributed by atoms with E-state index in [-0.39, 0.29) is 24.6 Å². The van der Waals surface area contributed by atoms with Crippen LogP contribution < -0.4 is 10.2 Å². The second kappa shape index (κ2) is 7.23. The maximum absolute atomic E-state index is 13.0. The fourth-order valence-corrected chi connectivity index (χ4v) is 3.20. The smallest absolute Gasteiger partial charge is 0.326 e. The summed E-state index contributed by atoms with van der Waals surface area (Å²) in [6.45, 7) is 1.85. The number of carbonyl (C=O) groups excluding carboxylic acids is 2. The SMILES string of the molecule is Cc1ccccc1NC(=O)C1CC(=O)N(c2ccc(Cl)c(C(F)(F)F)c2)C1. The normalized spacial score (nSPS) is 17.3. The van der Waals surface area contributed by atoms with Gasteiger partial charge in [0.1, 0.15) is 0 Å². The summed E-state index contributed by atoms with van der Waals surface area (Å²) in [4.78, 5) is 26.0. The summed E-state index contributed by atoms with van der Waals surface area (Å²) in [6.07, 6.45) is -4.70. The molecule has 4 nitrogen and oxygen atoms in total. The van der Waals surface area contributed by atoms with E-state index in [1.54, 1.807) is 12.1 Å². The van der Waals surface area contributed by atoms with Crippen LogP contribution in [-0.2, 0) is 15.8 Å². The summed E-state index contributed by atoms with van der Waals surface area (Å²) in [5, 5.41) is 2.33. The van der Waals surface area contributed by atoms with Crippen LogP contribution in [0.15, 0.2) is 42.5 Å². The Hall–Kier alpha value is -2.54. The number of carbonyl (C=O) groups is 2. The van der Waals surface area contributed by atoms with Crippen LogP contribution in [0.3, 0.4) is 0 Å². The molecule has 1 saturated heterocycles. The number of para-hydroxylation sites is 1. The highest BCUT2D eigenvalue weighted by Gasteiger charge is 2.38. The van der Waals surface area contributed by atoms with E-state index in [1.165, 1.54) is 11.0 Å². The summed E-state index contributed by atoms with van der Waals surface area (Å²) < 4.78 is 39.1. The molecule has 0 bridgehead atoms. The Morgan fingerprint density at radius 2 is 1.93 bits per heavy atom. The number of nitrogens with zero attached hydrogens (tertiary/aromatic N) is 1. The van der Waals surface area contributed by atoms with Gasteiger partial charge in [-0.05, 0) is 36.8 Å². The van der Waals surface area contributed by atoms with Gasteiger partial charge in [0.25, 0.3) is 0 Å². The lowest BCUT2D eigenvalue weighted by molar-refractivity contribution is -0.137. The number of halogens is 4. The van der Waals surface area contributed by atoms with Crippen LogP contribution in [0, 0.1) is 12.8 Å². The predicted molar refractivity (Wildman–Crippen MR) is 96.7 cm³/mol. The van der Waals surface area contributed by atoms with E-state index in [0.29, 0.717) is 5.69 Å². The van der Waals surface area contributed by atoms with Gasteiger partial charge in [-0.2, -0.15) is 13.2 Å². The zero-order chi connectivity index (χ0) is 19.8. The molecule has 142 valence electrons. The molecule has 1 aliphatic heterocycles. The van der Waals surface area contributed by atoms with Gasteiger partial charge in [-0.15, -0.1) is 0 Å². The van der Waals surface area contributed by atoms with Crippen molar-refractivity contribution in [2.24, 2.45) is 5.92 Å². The van der Waals surface area contributed by atoms with Crippen LogP contribution in [0.5, 0.6) is 0 Å². The minimum atomic E-state index is -4.63. The molecule has 3 rings (SSSR count). The van der Waals surface area contributed by atoms with Crippen molar-refractivity contribution in [3.63, 3.8) is 0 Å². The zero-order valence-corrected chi connectivity index (χ0v) is 15.1. The van der Waals surface area contributed by atoms with Crippen molar-refractivity contribution >= 4 is 34.8 Å². The van der Waals surface area contributed by atoms with Crippen molar-refractivity contribution in [1.29, 1.82) is 0 Å². The number of hydrogen-bond donors (Lipinski definition) is 1. The topological polar surface area (TPSA) is 49.4 Å². The Balaban J connectivity index is 1.78. The Morgan fingerprint density at radius 1 is 1.22 bits per heavy atom. The van der Waals surface area contributed by atoms with Crippen molar-refractivity contribution < 1.29 is 22.8 Å². The van der Waals surface area contributed by atoms with Crippen LogP contribution in [0.25, 0.3) is 0 Å². The second-order valence-corrected chi connectivity index (χ2v) is 6.78. The molecule has 0 aromatic heterocycles. The fraction of sp³-hybridized carbons (Fsp3) is 0.263. The Morgan fingerprint density at radius 3 is 2.59 bits per heavy atom. The number of rotatable bonds is 3. The predicted octanol–water partition coefficient (Wildman–Crippen LogP) is 4.66. The lowest BCUT2D eigenvalue weighted by atomic mass is 10.1. The van der Waals surface area contributed by atoms with Crippen molar-refractivity contribution in [2.75, 3.05) is 16.8 Å². The van der Waals surface area contributed by atoms with Gasteiger partial charge >= 0.3 is 6.18 Å². The van der Waals surface area contributed by atoms with Crippen LogP contribution in [0.2, 0.25) is 5.02 Å².